The summed E-state index contributed by atoms with van der Waals surface area (Å²) in [7, 11) is 0. The van der Waals surface area contributed by atoms with Gasteiger partial charge in [0.1, 0.15) is 18.2 Å². The summed E-state index contributed by atoms with van der Waals surface area (Å²) in [5, 5.41) is 0. The van der Waals surface area contributed by atoms with Crippen LogP contribution in [0.4, 0.5) is 15.8 Å². The van der Waals surface area contributed by atoms with Gasteiger partial charge in [-0.1, -0.05) is 12.1 Å². The minimum Gasteiger partial charge on any atom is -0.487 e. The normalized spacial score (nSPS) is 14.4. The molecule has 1 aliphatic heterocycles. The number of nitrogens with zero attached hydrogens (tertiary/aromatic N) is 1. The number of hydrogen-bond donors (Lipinski definition) is 1. The zero-order chi connectivity index (χ0) is 15.5. The second-order valence-corrected chi connectivity index (χ2v) is 5.29. The molecule has 114 valence electrons. The number of ether oxygens (including phenoxy) is 1. The van der Waals surface area contributed by atoms with E-state index in [1.807, 2.05) is 6.07 Å². The molecule has 2 aromatic rings. The molecule has 22 heavy (non-hydrogen) atoms. The van der Waals surface area contributed by atoms with Crippen LogP contribution < -0.4 is 15.4 Å². The zero-order valence-corrected chi connectivity index (χ0v) is 12.1. The van der Waals surface area contributed by atoms with Crippen molar-refractivity contribution in [3.63, 3.8) is 0 Å². The van der Waals surface area contributed by atoms with Crippen LogP contribution in [0.5, 0.6) is 5.75 Å². The van der Waals surface area contributed by atoms with E-state index in [-0.39, 0.29) is 11.7 Å². The van der Waals surface area contributed by atoms with E-state index in [1.165, 1.54) is 12.1 Å². The smallest absolute Gasteiger partial charge is 0.227 e. The predicted octanol–water partition coefficient (Wildman–Crippen LogP) is 3.11. The Labute approximate surface area is 128 Å². The lowest BCUT2D eigenvalue weighted by molar-refractivity contribution is -0.117. The van der Waals surface area contributed by atoms with E-state index in [0.29, 0.717) is 24.5 Å². The van der Waals surface area contributed by atoms with Crippen molar-refractivity contribution in [1.29, 1.82) is 0 Å². The number of amides is 1. The largest absolute Gasteiger partial charge is 0.487 e. The van der Waals surface area contributed by atoms with E-state index < -0.39 is 0 Å². The molecule has 0 unspecified atom stereocenters. The van der Waals surface area contributed by atoms with Crippen LogP contribution in [0, 0.1) is 5.82 Å². The third-order valence-corrected chi connectivity index (χ3v) is 3.69. The topological polar surface area (TPSA) is 55.6 Å². The molecule has 3 rings (SSSR count). The third-order valence-electron chi connectivity index (χ3n) is 3.69. The molecule has 0 radical (unpaired) electrons. The van der Waals surface area contributed by atoms with Crippen LogP contribution in [0.25, 0.3) is 0 Å². The molecule has 1 heterocycles. The molecule has 1 aliphatic rings. The van der Waals surface area contributed by atoms with Gasteiger partial charge in [-0.25, -0.2) is 4.39 Å². The van der Waals surface area contributed by atoms with Gasteiger partial charge in [0, 0.05) is 18.7 Å². The van der Waals surface area contributed by atoms with E-state index in [4.69, 9.17) is 10.5 Å². The van der Waals surface area contributed by atoms with Gasteiger partial charge in [0.05, 0.1) is 5.69 Å². The number of hydrogen-bond acceptors (Lipinski definition) is 3. The lowest BCUT2D eigenvalue weighted by Crippen LogP contribution is -2.23. The van der Waals surface area contributed by atoms with Crippen LogP contribution in [0.3, 0.4) is 0 Å². The second kappa shape index (κ2) is 6.05. The fourth-order valence-electron chi connectivity index (χ4n) is 2.50. The predicted molar refractivity (Wildman–Crippen MR) is 83.2 cm³/mol. The quantitative estimate of drug-likeness (QED) is 0.883. The molecular weight excluding hydrogens is 283 g/mol. The van der Waals surface area contributed by atoms with Gasteiger partial charge in [-0.05, 0) is 42.3 Å². The van der Waals surface area contributed by atoms with E-state index >= 15 is 0 Å². The number of carbonyl (C=O) groups is 1. The second-order valence-electron chi connectivity index (χ2n) is 5.29. The number of benzene rings is 2. The van der Waals surface area contributed by atoms with Gasteiger partial charge in [0.25, 0.3) is 0 Å². The van der Waals surface area contributed by atoms with Crippen molar-refractivity contribution in [3.8, 4) is 5.75 Å². The average Bonchev–Trinajstić information content (AvgIpc) is 2.94. The summed E-state index contributed by atoms with van der Waals surface area (Å²) >= 11 is 0. The van der Waals surface area contributed by atoms with Crippen molar-refractivity contribution in [2.45, 2.75) is 19.4 Å². The van der Waals surface area contributed by atoms with Crippen molar-refractivity contribution < 1.29 is 13.9 Å². The molecule has 0 spiro atoms. The fraction of sp³-hybridized carbons (Fsp3) is 0.235. The van der Waals surface area contributed by atoms with Crippen molar-refractivity contribution >= 4 is 17.3 Å². The first-order valence-electron chi connectivity index (χ1n) is 7.20. The number of nitrogens with two attached hydrogens (primary N) is 1. The molecule has 0 bridgehead atoms. The maximum atomic E-state index is 12.8. The van der Waals surface area contributed by atoms with E-state index in [0.717, 1.165) is 24.2 Å². The first kappa shape index (κ1) is 14.4. The Balaban J connectivity index is 1.69. The Morgan fingerprint density at radius 1 is 1.18 bits per heavy atom. The van der Waals surface area contributed by atoms with Crippen LogP contribution in [-0.4, -0.2) is 12.5 Å². The highest BCUT2D eigenvalue weighted by Gasteiger charge is 2.22. The van der Waals surface area contributed by atoms with Crippen LogP contribution in [0.2, 0.25) is 0 Å². The molecule has 0 saturated carbocycles. The van der Waals surface area contributed by atoms with Crippen molar-refractivity contribution in [1.82, 2.24) is 0 Å². The monoisotopic (exact) mass is 300 g/mol. The molecule has 0 atom stereocenters. The molecule has 0 aliphatic carbocycles. The maximum absolute atomic E-state index is 12.8. The molecule has 2 aromatic carbocycles. The SMILES string of the molecule is Nc1cc(N2CCCC2=O)ccc1OCc1ccc(F)cc1. The molecule has 1 fully saturated rings. The molecular formula is C17H17FN2O2. The number of halogens is 1. The molecule has 5 heteroatoms. The van der Waals surface area contributed by atoms with Gasteiger partial charge in [0.2, 0.25) is 5.91 Å². The third kappa shape index (κ3) is 3.03. The summed E-state index contributed by atoms with van der Waals surface area (Å²) in [5.74, 6) is 0.405. The number of nitrogen functional groups attached to an aromatic ring is 1. The molecule has 1 saturated heterocycles. The average molecular weight is 300 g/mol. The lowest BCUT2D eigenvalue weighted by Gasteiger charge is -2.17. The van der Waals surface area contributed by atoms with Gasteiger partial charge in [-0.2, -0.15) is 0 Å². The van der Waals surface area contributed by atoms with E-state index in [2.05, 4.69) is 0 Å². The lowest BCUT2D eigenvalue weighted by atomic mass is 10.2. The summed E-state index contributed by atoms with van der Waals surface area (Å²) in [6.45, 7) is 1.04. The maximum Gasteiger partial charge on any atom is 0.227 e. The van der Waals surface area contributed by atoms with Crippen molar-refractivity contribution in [2.24, 2.45) is 0 Å². The molecule has 0 aromatic heterocycles. The highest BCUT2D eigenvalue weighted by atomic mass is 19.1. The van der Waals surface area contributed by atoms with Crippen LogP contribution in [0.1, 0.15) is 18.4 Å². The van der Waals surface area contributed by atoms with Gasteiger partial charge < -0.3 is 15.4 Å². The zero-order valence-electron chi connectivity index (χ0n) is 12.1. The van der Waals surface area contributed by atoms with Gasteiger partial charge >= 0.3 is 0 Å². The van der Waals surface area contributed by atoms with E-state index in [1.54, 1.807) is 29.2 Å². The Morgan fingerprint density at radius 3 is 2.59 bits per heavy atom. The van der Waals surface area contributed by atoms with Crippen LogP contribution in [-0.2, 0) is 11.4 Å². The van der Waals surface area contributed by atoms with Crippen LogP contribution in [0.15, 0.2) is 42.5 Å². The number of carbonyl (C=O) groups excluding carboxylic acids is 1. The van der Waals surface area contributed by atoms with Gasteiger partial charge in [-0.15, -0.1) is 0 Å². The first-order chi connectivity index (χ1) is 10.6. The number of rotatable bonds is 4. The Bertz CT molecular complexity index is 686. The van der Waals surface area contributed by atoms with Gasteiger partial charge in [0.15, 0.2) is 0 Å². The van der Waals surface area contributed by atoms with E-state index in [9.17, 15) is 9.18 Å². The minimum atomic E-state index is -0.275. The van der Waals surface area contributed by atoms with Crippen molar-refractivity contribution in [2.75, 3.05) is 17.2 Å². The Hall–Kier alpha value is -2.56. The Kier molecular flexibility index (Phi) is 3.96. The molecule has 2 N–H and O–H groups in total. The highest BCUT2D eigenvalue weighted by molar-refractivity contribution is 5.95. The molecule has 4 nitrogen and oxygen atoms in total. The van der Waals surface area contributed by atoms with Gasteiger partial charge in [-0.3, -0.25) is 4.79 Å². The molecule has 1 amide bonds. The minimum absolute atomic E-state index is 0.124. The first-order valence-corrected chi connectivity index (χ1v) is 7.20. The highest BCUT2D eigenvalue weighted by Crippen LogP contribution is 2.30. The summed E-state index contributed by atoms with van der Waals surface area (Å²) in [6.07, 6.45) is 1.46. The summed E-state index contributed by atoms with van der Waals surface area (Å²) < 4.78 is 18.5. The van der Waals surface area contributed by atoms with Crippen molar-refractivity contribution in [3.05, 3.63) is 53.8 Å². The summed E-state index contributed by atoms with van der Waals surface area (Å²) in [4.78, 5) is 13.5. The van der Waals surface area contributed by atoms with Crippen LogP contribution >= 0.6 is 0 Å². The summed E-state index contributed by atoms with van der Waals surface area (Å²) in [6, 6.07) is 11.5. The number of anilines is 2. The standard InChI is InChI=1S/C17H17FN2O2/c18-13-5-3-12(4-6-13)11-22-16-8-7-14(10-15(16)19)20-9-1-2-17(20)21/h3-8,10H,1-2,9,11,19H2. The summed E-state index contributed by atoms with van der Waals surface area (Å²) in [5.41, 5.74) is 8.15. The Morgan fingerprint density at radius 2 is 1.95 bits per heavy atom. The fourth-order valence-corrected chi connectivity index (χ4v) is 2.50.